The van der Waals surface area contributed by atoms with Crippen LogP contribution in [0.2, 0.25) is 0 Å². The van der Waals surface area contributed by atoms with Crippen LogP contribution >= 0.6 is 0 Å². The lowest BCUT2D eigenvalue weighted by Gasteiger charge is -2.05. The fourth-order valence-corrected chi connectivity index (χ4v) is 0.298. The van der Waals surface area contributed by atoms with Gasteiger partial charge in [0.05, 0.1) is 13.2 Å². The maximum Gasteiger partial charge on any atom is 0.0582 e. The van der Waals surface area contributed by atoms with Crippen molar-refractivity contribution < 1.29 is 5.11 Å². The summed E-state index contributed by atoms with van der Waals surface area (Å²) in [4.78, 5) is 0. The third-order valence-corrected chi connectivity index (χ3v) is 0.826. The molecular formula is C6H11NO. The van der Waals surface area contributed by atoms with E-state index in [1.165, 1.54) is 0 Å². The van der Waals surface area contributed by atoms with E-state index in [9.17, 15) is 0 Å². The van der Waals surface area contributed by atoms with Crippen molar-refractivity contribution >= 4 is 0 Å². The van der Waals surface area contributed by atoms with Crippen molar-refractivity contribution in [3.63, 3.8) is 0 Å². The van der Waals surface area contributed by atoms with E-state index in [0.29, 0.717) is 6.54 Å². The maximum absolute atomic E-state index is 8.43. The van der Waals surface area contributed by atoms with Gasteiger partial charge in [-0.25, -0.2) is 0 Å². The summed E-state index contributed by atoms with van der Waals surface area (Å²) in [5.74, 6) is 2.41. The molecule has 0 heterocycles. The highest BCUT2D eigenvalue weighted by Gasteiger charge is 1.92. The topological polar surface area (TPSA) is 32.3 Å². The van der Waals surface area contributed by atoms with Crippen LogP contribution < -0.4 is 5.32 Å². The van der Waals surface area contributed by atoms with Crippen LogP contribution in [0.15, 0.2) is 0 Å². The fourth-order valence-electron chi connectivity index (χ4n) is 0.298. The zero-order chi connectivity index (χ0) is 6.41. The Morgan fingerprint density at radius 3 is 2.88 bits per heavy atom. The van der Waals surface area contributed by atoms with Gasteiger partial charge in [-0.1, -0.05) is 5.92 Å². The van der Waals surface area contributed by atoms with Crippen molar-refractivity contribution in [1.29, 1.82) is 0 Å². The molecular weight excluding hydrogens is 102 g/mol. The standard InChI is InChI=1S/C6H11NO/c1-3-4-7-6(2)5-8/h1,6-8H,4-5H2,2H3/t6-/m1/s1. The Kier molecular flexibility index (Phi) is 4.33. The van der Waals surface area contributed by atoms with Crippen LogP contribution in [0.25, 0.3) is 0 Å². The fraction of sp³-hybridized carbons (Fsp3) is 0.667. The lowest BCUT2D eigenvalue weighted by Crippen LogP contribution is -2.29. The van der Waals surface area contributed by atoms with Crippen molar-refractivity contribution in [2.45, 2.75) is 13.0 Å². The summed E-state index contributed by atoms with van der Waals surface area (Å²) >= 11 is 0. The van der Waals surface area contributed by atoms with Crippen LogP contribution in [0.1, 0.15) is 6.92 Å². The summed E-state index contributed by atoms with van der Waals surface area (Å²) in [5, 5.41) is 11.3. The molecule has 0 aromatic carbocycles. The summed E-state index contributed by atoms with van der Waals surface area (Å²) in [5.41, 5.74) is 0. The summed E-state index contributed by atoms with van der Waals surface area (Å²) < 4.78 is 0. The average Bonchev–Trinajstić information content (AvgIpc) is 1.83. The summed E-state index contributed by atoms with van der Waals surface area (Å²) in [7, 11) is 0. The van der Waals surface area contributed by atoms with E-state index >= 15 is 0 Å². The molecule has 8 heavy (non-hydrogen) atoms. The normalized spacial score (nSPS) is 12.6. The molecule has 0 aliphatic heterocycles. The number of aliphatic hydroxyl groups excluding tert-OH is 1. The second-order valence-corrected chi connectivity index (χ2v) is 1.67. The largest absolute Gasteiger partial charge is 0.395 e. The SMILES string of the molecule is C#CCN[C@H](C)CO. The van der Waals surface area contributed by atoms with Gasteiger partial charge in [0.25, 0.3) is 0 Å². The predicted octanol–water partition coefficient (Wildman–Crippen LogP) is -0.410. The zero-order valence-electron chi connectivity index (χ0n) is 5.02. The first kappa shape index (κ1) is 7.48. The second kappa shape index (κ2) is 4.63. The maximum atomic E-state index is 8.43. The number of rotatable bonds is 3. The highest BCUT2D eigenvalue weighted by atomic mass is 16.3. The van der Waals surface area contributed by atoms with Crippen LogP contribution in [-0.2, 0) is 0 Å². The molecule has 0 rings (SSSR count). The number of terminal acetylenes is 1. The molecule has 0 aliphatic rings. The van der Waals surface area contributed by atoms with E-state index in [1.54, 1.807) is 0 Å². The minimum absolute atomic E-state index is 0.117. The molecule has 2 heteroatoms. The highest BCUT2D eigenvalue weighted by Crippen LogP contribution is 1.73. The molecule has 2 nitrogen and oxygen atoms in total. The molecule has 46 valence electrons. The molecule has 0 unspecified atom stereocenters. The lowest BCUT2D eigenvalue weighted by atomic mass is 10.4. The van der Waals surface area contributed by atoms with Gasteiger partial charge in [-0.15, -0.1) is 6.42 Å². The molecule has 0 bridgehead atoms. The molecule has 0 saturated heterocycles. The molecule has 0 saturated carbocycles. The quantitative estimate of drug-likeness (QED) is 0.488. The van der Waals surface area contributed by atoms with E-state index in [4.69, 9.17) is 11.5 Å². The minimum atomic E-state index is 0.117. The third-order valence-electron chi connectivity index (χ3n) is 0.826. The number of aliphatic hydroxyl groups is 1. The zero-order valence-corrected chi connectivity index (χ0v) is 5.02. The van der Waals surface area contributed by atoms with Crippen LogP contribution in [-0.4, -0.2) is 24.3 Å². The molecule has 1 atom stereocenters. The molecule has 0 fully saturated rings. The summed E-state index contributed by atoms with van der Waals surface area (Å²) in [6, 6.07) is 0.117. The van der Waals surface area contributed by atoms with Crippen molar-refractivity contribution in [3.8, 4) is 12.3 Å². The first-order valence-corrected chi connectivity index (χ1v) is 2.59. The predicted molar refractivity (Wildman–Crippen MR) is 33.4 cm³/mol. The van der Waals surface area contributed by atoms with E-state index in [2.05, 4.69) is 11.2 Å². The Bertz CT molecular complexity index is 85.0. The average molecular weight is 113 g/mol. The van der Waals surface area contributed by atoms with Crippen LogP contribution in [0, 0.1) is 12.3 Å². The molecule has 0 radical (unpaired) electrons. The Labute approximate surface area is 49.9 Å². The van der Waals surface area contributed by atoms with Gasteiger partial charge in [-0.2, -0.15) is 0 Å². The smallest absolute Gasteiger partial charge is 0.0582 e. The van der Waals surface area contributed by atoms with Gasteiger partial charge >= 0.3 is 0 Å². The van der Waals surface area contributed by atoms with Crippen LogP contribution in [0.4, 0.5) is 0 Å². The number of hydrogen-bond donors (Lipinski definition) is 2. The van der Waals surface area contributed by atoms with Gasteiger partial charge in [-0.05, 0) is 6.92 Å². The Morgan fingerprint density at radius 2 is 2.50 bits per heavy atom. The van der Waals surface area contributed by atoms with Gasteiger partial charge in [0, 0.05) is 6.04 Å². The van der Waals surface area contributed by atoms with Crippen LogP contribution in [0.3, 0.4) is 0 Å². The van der Waals surface area contributed by atoms with Gasteiger partial charge in [0.1, 0.15) is 0 Å². The Morgan fingerprint density at radius 1 is 1.88 bits per heavy atom. The van der Waals surface area contributed by atoms with Gasteiger partial charge in [-0.3, -0.25) is 0 Å². The van der Waals surface area contributed by atoms with E-state index in [-0.39, 0.29) is 12.6 Å². The highest BCUT2D eigenvalue weighted by molar-refractivity contribution is 4.87. The van der Waals surface area contributed by atoms with Crippen LogP contribution in [0.5, 0.6) is 0 Å². The third kappa shape index (κ3) is 3.66. The van der Waals surface area contributed by atoms with Crippen molar-refractivity contribution in [3.05, 3.63) is 0 Å². The molecule has 0 aliphatic carbocycles. The summed E-state index contributed by atoms with van der Waals surface area (Å²) in [6.07, 6.45) is 4.94. The van der Waals surface area contributed by atoms with E-state index in [0.717, 1.165) is 0 Å². The first-order chi connectivity index (χ1) is 3.81. The molecule has 2 N–H and O–H groups in total. The molecule has 0 amide bonds. The lowest BCUT2D eigenvalue weighted by molar-refractivity contribution is 0.255. The Hall–Kier alpha value is -0.520. The molecule has 0 aromatic heterocycles. The van der Waals surface area contributed by atoms with Crippen molar-refractivity contribution in [2.75, 3.05) is 13.2 Å². The summed E-state index contributed by atoms with van der Waals surface area (Å²) in [6.45, 7) is 2.54. The Balaban J connectivity index is 3.01. The number of nitrogens with one attached hydrogen (secondary N) is 1. The van der Waals surface area contributed by atoms with E-state index < -0.39 is 0 Å². The van der Waals surface area contributed by atoms with Gasteiger partial charge < -0.3 is 10.4 Å². The van der Waals surface area contributed by atoms with E-state index in [1.807, 2.05) is 6.92 Å². The number of hydrogen-bond acceptors (Lipinski definition) is 2. The first-order valence-electron chi connectivity index (χ1n) is 2.59. The second-order valence-electron chi connectivity index (χ2n) is 1.67. The van der Waals surface area contributed by atoms with Crippen molar-refractivity contribution in [2.24, 2.45) is 0 Å². The van der Waals surface area contributed by atoms with Gasteiger partial charge in [0.2, 0.25) is 0 Å². The molecule has 0 spiro atoms. The van der Waals surface area contributed by atoms with Gasteiger partial charge in [0.15, 0.2) is 0 Å². The molecule has 0 aromatic rings. The monoisotopic (exact) mass is 113 g/mol. The van der Waals surface area contributed by atoms with Crippen molar-refractivity contribution in [1.82, 2.24) is 5.32 Å². The minimum Gasteiger partial charge on any atom is -0.395 e.